The second-order valence-electron chi connectivity index (χ2n) is 8.36. The molecule has 4 atom stereocenters. The number of nitrogens with one attached hydrogen (secondary N) is 1. The Morgan fingerprint density at radius 1 is 1.10 bits per heavy atom. The van der Waals surface area contributed by atoms with E-state index >= 15 is 0 Å². The minimum Gasteiger partial charge on any atom is -0.488 e. The van der Waals surface area contributed by atoms with Crippen molar-refractivity contribution in [2.75, 3.05) is 6.54 Å². The molecule has 4 nitrogen and oxygen atoms in total. The highest BCUT2D eigenvalue weighted by Gasteiger charge is 2.37. The maximum atomic E-state index is 12.8. The molecule has 158 valence electrons. The number of halogens is 1. The molecule has 4 unspecified atom stereocenters. The van der Waals surface area contributed by atoms with E-state index in [1.807, 2.05) is 18.2 Å². The summed E-state index contributed by atoms with van der Waals surface area (Å²) in [7, 11) is 0. The van der Waals surface area contributed by atoms with Crippen LogP contribution in [0, 0.1) is 26.7 Å². The Morgan fingerprint density at radius 2 is 1.83 bits per heavy atom. The molecule has 2 N–H and O–H groups in total. The zero-order chi connectivity index (χ0) is 19.8. The number of fused-ring (bicyclic) bond motifs is 1. The summed E-state index contributed by atoms with van der Waals surface area (Å²) in [5.74, 6) is 1.09. The van der Waals surface area contributed by atoms with Gasteiger partial charge in [0.2, 0.25) is 0 Å². The van der Waals surface area contributed by atoms with Gasteiger partial charge in [0.1, 0.15) is 18.0 Å². The van der Waals surface area contributed by atoms with Gasteiger partial charge in [-0.1, -0.05) is 6.07 Å². The molecular weight excluding hydrogens is 406 g/mol. The van der Waals surface area contributed by atoms with Crippen LogP contribution >= 0.6 is 23.7 Å². The molecule has 1 aromatic heterocycles. The number of carbonyl (C=O) groups is 1. The first-order chi connectivity index (χ1) is 13.4. The summed E-state index contributed by atoms with van der Waals surface area (Å²) in [5.41, 5.74) is 3.25. The van der Waals surface area contributed by atoms with Crippen molar-refractivity contribution in [2.45, 2.75) is 64.7 Å². The van der Waals surface area contributed by atoms with Gasteiger partial charge in [0.05, 0.1) is 0 Å². The number of carbonyl (C=O) groups excluding carboxylic acids is 1. The Morgan fingerprint density at radius 3 is 2.55 bits per heavy atom. The molecule has 1 aromatic carbocycles. The van der Waals surface area contributed by atoms with E-state index in [4.69, 9.17) is 4.74 Å². The normalized spacial score (nSPS) is 26.1. The minimum atomic E-state index is -0.557. The van der Waals surface area contributed by atoms with Crippen LogP contribution in [0.2, 0.25) is 0 Å². The maximum absolute atomic E-state index is 12.8. The minimum absolute atomic E-state index is 0. The van der Waals surface area contributed by atoms with E-state index in [1.165, 1.54) is 9.75 Å². The molecule has 2 aliphatic carbocycles. The van der Waals surface area contributed by atoms with Crippen LogP contribution < -0.4 is 10.1 Å². The number of Topliss-reactive ketones (excluding diaryl/α,β-unsaturated/α-hetero) is 1. The molecule has 29 heavy (non-hydrogen) atoms. The van der Waals surface area contributed by atoms with Crippen LogP contribution in [-0.2, 0) is 6.42 Å². The molecular formula is C23H30ClNO3S. The Labute approximate surface area is 183 Å². The van der Waals surface area contributed by atoms with Crippen LogP contribution in [0.3, 0.4) is 0 Å². The predicted molar refractivity (Wildman–Crippen MR) is 120 cm³/mol. The number of hydrogen-bond acceptors (Lipinski definition) is 5. The van der Waals surface area contributed by atoms with Gasteiger partial charge in [0.25, 0.3) is 0 Å². The Hall–Kier alpha value is -1.40. The van der Waals surface area contributed by atoms with Crippen LogP contribution in [0.4, 0.5) is 0 Å². The molecule has 6 heteroatoms. The van der Waals surface area contributed by atoms with E-state index in [2.05, 4.69) is 32.2 Å². The Bertz CT molecular complexity index is 861. The number of aryl methyl sites for hydroxylation is 4. The summed E-state index contributed by atoms with van der Waals surface area (Å²) in [6, 6.07) is 8.16. The fourth-order valence-electron chi connectivity index (χ4n) is 4.57. The molecule has 0 radical (unpaired) electrons. The van der Waals surface area contributed by atoms with E-state index in [0.717, 1.165) is 48.1 Å². The van der Waals surface area contributed by atoms with E-state index in [1.54, 1.807) is 11.3 Å². The molecule has 0 saturated heterocycles. The van der Waals surface area contributed by atoms with E-state index < -0.39 is 6.10 Å². The summed E-state index contributed by atoms with van der Waals surface area (Å²) in [4.78, 5) is 15.2. The standard InChI is InChI=1S/C23H29NO3S.ClH/c1-13-8-14(2)10-17(9-13)27-20-6-5-19(23(20)26)24-12-16-4-7-21-18(22(16)25)11-15(3)28-21;/h8-11,16,19-20,23-24,26H,4-7,12H2,1-3H3;1H. The number of aliphatic hydroxyl groups is 1. The molecule has 0 amide bonds. The molecule has 2 aliphatic rings. The van der Waals surface area contributed by atoms with Gasteiger partial charge in [-0.05, 0) is 75.8 Å². The summed E-state index contributed by atoms with van der Waals surface area (Å²) < 4.78 is 6.09. The third-order valence-electron chi connectivity index (χ3n) is 5.95. The SMILES string of the molecule is Cc1cc(C)cc(OC2CCC(NCC3CCc4sc(C)cc4C3=O)C2O)c1.Cl. The molecule has 0 bridgehead atoms. The lowest BCUT2D eigenvalue weighted by molar-refractivity contribution is 0.0441. The third-order valence-corrected chi connectivity index (χ3v) is 7.06. The van der Waals surface area contributed by atoms with Crippen LogP contribution in [0.1, 0.15) is 50.5 Å². The van der Waals surface area contributed by atoms with Crippen molar-refractivity contribution in [3.8, 4) is 5.75 Å². The van der Waals surface area contributed by atoms with E-state index in [9.17, 15) is 9.90 Å². The van der Waals surface area contributed by atoms with E-state index in [-0.39, 0.29) is 36.3 Å². The largest absolute Gasteiger partial charge is 0.488 e. The Balaban J connectivity index is 0.00000240. The lowest BCUT2D eigenvalue weighted by atomic mass is 9.87. The number of rotatable bonds is 5. The smallest absolute Gasteiger partial charge is 0.168 e. The van der Waals surface area contributed by atoms with Crippen LogP contribution in [-0.4, -0.2) is 35.7 Å². The zero-order valence-electron chi connectivity index (χ0n) is 17.2. The van der Waals surface area contributed by atoms with Crippen molar-refractivity contribution >= 4 is 29.5 Å². The fraction of sp³-hybridized carbons (Fsp3) is 0.522. The topological polar surface area (TPSA) is 58.6 Å². The van der Waals surface area contributed by atoms with Crippen LogP contribution in [0.25, 0.3) is 0 Å². The first-order valence-corrected chi connectivity index (χ1v) is 11.0. The van der Waals surface area contributed by atoms with Crippen LogP contribution in [0.5, 0.6) is 5.75 Å². The number of hydrogen-bond donors (Lipinski definition) is 2. The first kappa shape index (κ1) is 22.3. The van der Waals surface area contributed by atoms with Crippen molar-refractivity contribution in [3.63, 3.8) is 0 Å². The van der Waals surface area contributed by atoms with Crippen molar-refractivity contribution in [1.29, 1.82) is 0 Å². The monoisotopic (exact) mass is 435 g/mol. The molecule has 0 spiro atoms. The van der Waals surface area contributed by atoms with Crippen molar-refractivity contribution in [1.82, 2.24) is 5.32 Å². The van der Waals surface area contributed by atoms with Gasteiger partial charge in [0, 0.05) is 33.8 Å². The molecule has 4 rings (SSSR count). The number of benzene rings is 1. The number of thiophene rings is 1. The highest BCUT2D eigenvalue weighted by Crippen LogP contribution is 2.32. The number of ether oxygens (including phenoxy) is 1. The highest BCUT2D eigenvalue weighted by atomic mass is 35.5. The quantitative estimate of drug-likeness (QED) is 0.730. The number of aliphatic hydroxyl groups excluding tert-OH is 1. The predicted octanol–water partition coefficient (Wildman–Crippen LogP) is 4.40. The van der Waals surface area contributed by atoms with Gasteiger partial charge in [-0.25, -0.2) is 0 Å². The average molecular weight is 436 g/mol. The van der Waals surface area contributed by atoms with Gasteiger partial charge >= 0.3 is 0 Å². The molecule has 1 saturated carbocycles. The summed E-state index contributed by atoms with van der Waals surface area (Å²) in [6.45, 7) is 6.80. The lowest BCUT2D eigenvalue weighted by Crippen LogP contribution is -2.44. The summed E-state index contributed by atoms with van der Waals surface area (Å²) in [6.07, 6.45) is 2.80. The lowest BCUT2D eigenvalue weighted by Gasteiger charge is -2.25. The maximum Gasteiger partial charge on any atom is 0.168 e. The van der Waals surface area contributed by atoms with Gasteiger partial charge in [0.15, 0.2) is 5.78 Å². The number of ketones is 1. The van der Waals surface area contributed by atoms with Crippen molar-refractivity contribution in [3.05, 3.63) is 50.7 Å². The highest BCUT2D eigenvalue weighted by molar-refractivity contribution is 7.12. The zero-order valence-corrected chi connectivity index (χ0v) is 18.9. The molecule has 2 aromatic rings. The fourth-order valence-corrected chi connectivity index (χ4v) is 5.63. The van der Waals surface area contributed by atoms with Gasteiger partial charge in [-0.3, -0.25) is 4.79 Å². The van der Waals surface area contributed by atoms with Gasteiger partial charge in [-0.2, -0.15) is 0 Å². The third kappa shape index (κ3) is 4.85. The second kappa shape index (κ2) is 9.17. The summed E-state index contributed by atoms with van der Waals surface area (Å²) in [5, 5.41) is 14.2. The molecule has 0 aliphatic heterocycles. The molecule has 1 fully saturated rings. The summed E-state index contributed by atoms with van der Waals surface area (Å²) >= 11 is 1.75. The van der Waals surface area contributed by atoms with Gasteiger partial charge < -0.3 is 15.2 Å². The molecule has 1 heterocycles. The second-order valence-corrected chi connectivity index (χ2v) is 9.70. The van der Waals surface area contributed by atoms with Crippen molar-refractivity contribution < 1.29 is 14.6 Å². The van der Waals surface area contributed by atoms with Gasteiger partial charge in [-0.15, -0.1) is 23.7 Å². The van der Waals surface area contributed by atoms with E-state index in [0.29, 0.717) is 6.54 Å². The van der Waals surface area contributed by atoms with Crippen LogP contribution in [0.15, 0.2) is 24.3 Å². The first-order valence-electron chi connectivity index (χ1n) is 10.2. The van der Waals surface area contributed by atoms with Crippen molar-refractivity contribution in [2.24, 2.45) is 5.92 Å². The average Bonchev–Trinajstić information content (AvgIpc) is 3.17. The Kier molecular flexibility index (Phi) is 7.05.